The molecule has 3 amide bonds. The van der Waals surface area contributed by atoms with Crippen LogP contribution in [-0.2, 0) is 14.3 Å². The van der Waals surface area contributed by atoms with Crippen molar-refractivity contribution < 1.29 is 28.7 Å². The van der Waals surface area contributed by atoms with Crippen molar-refractivity contribution in [1.29, 1.82) is 0 Å². The zero-order chi connectivity index (χ0) is 29.6. The standard InChI is InChI=1S/C32H24ClN3O6/c1-2-41-32(40)25-13-6-7-14-26(25)35-29(37)20-9-8-10-21(19-20)34-28-27(33)30(38)36(31(28)39)22-15-17-24(18-16-22)42-23-11-4-3-5-12-23/h3-19,34H,2H2,1H3,(H,35,37). The number of rotatable bonds is 9. The SMILES string of the molecule is CCOC(=O)c1ccccc1NC(=O)c1cccc(NC2=C(Cl)C(=O)N(c3ccc(Oc4ccccc4)cc3)C2=O)c1. The summed E-state index contributed by atoms with van der Waals surface area (Å²) >= 11 is 6.30. The number of carbonyl (C=O) groups is 4. The molecule has 0 unspecified atom stereocenters. The first-order valence-corrected chi connectivity index (χ1v) is 13.3. The summed E-state index contributed by atoms with van der Waals surface area (Å²) in [6.07, 6.45) is 0. The van der Waals surface area contributed by atoms with E-state index in [0.29, 0.717) is 22.9 Å². The third-order valence-electron chi connectivity index (χ3n) is 6.17. The summed E-state index contributed by atoms with van der Waals surface area (Å²) < 4.78 is 10.8. The minimum atomic E-state index is -0.689. The molecule has 9 nitrogen and oxygen atoms in total. The minimum Gasteiger partial charge on any atom is -0.462 e. The fourth-order valence-corrected chi connectivity index (χ4v) is 4.40. The number of hydrogen-bond acceptors (Lipinski definition) is 7. The summed E-state index contributed by atoms with van der Waals surface area (Å²) in [7, 11) is 0. The molecule has 0 aliphatic carbocycles. The molecule has 0 fully saturated rings. The van der Waals surface area contributed by atoms with E-state index in [9.17, 15) is 19.2 Å². The number of anilines is 3. The Kier molecular flexibility index (Phi) is 8.31. The summed E-state index contributed by atoms with van der Waals surface area (Å²) in [6.45, 7) is 1.89. The van der Waals surface area contributed by atoms with Gasteiger partial charge in [-0.05, 0) is 73.7 Å². The van der Waals surface area contributed by atoms with Crippen LogP contribution < -0.4 is 20.3 Å². The Labute approximate surface area is 246 Å². The number of carbonyl (C=O) groups excluding carboxylic acids is 4. The smallest absolute Gasteiger partial charge is 0.340 e. The number of hydrogen-bond donors (Lipinski definition) is 2. The predicted molar refractivity (Wildman–Crippen MR) is 159 cm³/mol. The Balaban J connectivity index is 1.29. The lowest BCUT2D eigenvalue weighted by Gasteiger charge is -2.16. The average Bonchev–Trinajstić information content (AvgIpc) is 3.21. The Bertz CT molecular complexity index is 1700. The molecule has 4 aromatic carbocycles. The quantitative estimate of drug-likeness (QED) is 0.175. The number of nitrogens with one attached hydrogen (secondary N) is 2. The van der Waals surface area contributed by atoms with Crippen LogP contribution in [0.1, 0.15) is 27.6 Å². The lowest BCUT2D eigenvalue weighted by molar-refractivity contribution is -0.120. The van der Waals surface area contributed by atoms with Crippen LogP contribution in [0.3, 0.4) is 0 Å². The zero-order valence-corrected chi connectivity index (χ0v) is 23.1. The number of amides is 3. The summed E-state index contributed by atoms with van der Waals surface area (Å²) in [5, 5.41) is 5.30. The third kappa shape index (κ3) is 6.01. The van der Waals surface area contributed by atoms with E-state index in [-0.39, 0.29) is 34.2 Å². The van der Waals surface area contributed by atoms with Crippen molar-refractivity contribution in [3.63, 3.8) is 0 Å². The molecular formula is C32H24ClN3O6. The fraction of sp³-hybridized carbons (Fsp3) is 0.0625. The van der Waals surface area contributed by atoms with E-state index in [4.69, 9.17) is 21.1 Å². The van der Waals surface area contributed by atoms with Crippen LogP contribution in [0, 0.1) is 0 Å². The van der Waals surface area contributed by atoms with Crippen molar-refractivity contribution in [2.24, 2.45) is 0 Å². The minimum absolute atomic E-state index is 0.128. The third-order valence-corrected chi connectivity index (χ3v) is 6.52. The van der Waals surface area contributed by atoms with Gasteiger partial charge in [-0.25, -0.2) is 9.69 Å². The zero-order valence-electron chi connectivity index (χ0n) is 22.3. The number of esters is 1. The molecule has 0 atom stereocenters. The molecule has 0 aromatic heterocycles. The lowest BCUT2D eigenvalue weighted by Crippen LogP contribution is -2.32. The Morgan fingerprint density at radius 3 is 2.24 bits per heavy atom. The molecule has 10 heteroatoms. The fourth-order valence-electron chi connectivity index (χ4n) is 4.19. The molecule has 0 saturated heterocycles. The van der Waals surface area contributed by atoms with Crippen molar-refractivity contribution in [2.75, 3.05) is 22.1 Å². The van der Waals surface area contributed by atoms with Gasteiger partial charge >= 0.3 is 5.97 Å². The molecular weight excluding hydrogens is 558 g/mol. The molecule has 0 spiro atoms. The van der Waals surface area contributed by atoms with Gasteiger partial charge in [-0.15, -0.1) is 0 Å². The second kappa shape index (κ2) is 12.4. The summed E-state index contributed by atoms with van der Waals surface area (Å²) in [5.41, 5.74) is 1.28. The van der Waals surface area contributed by atoms with Gasteiger partial charge in [0.15, 0.2) is 0 Å². The van der Waals surface area contributed by atoms with E-state index in [1.165, 1.54) is 6.07 Å². The van der Waals surface area contributed by atoms with Crippen LogP contribution in [0.4, 0.5) is 17.1 Å². The first kappa shape index (κ1) is 28.1. The summed E-state index contributed by atoms with van der Waals surface area (Å²) in [5.74, 6) is -1.22. The number of para-hydroxylation sites is 2. The molecule has 1 aliphatic heterocycles. The monoisotopic (exact) mass is 581 g/mol. The van der Waals surface area contributed by atoms with Crippen LogP contribution in [-0.4, -0.2) is 30.3 Å². The van der Waals surface area contributed by atoms with Gasteiger partial charge in [0.2, 0.25) is 0 Å². The molecule has 0 saturated carbocycles. The average molecular weight is 582 g/mol. The van der Waals surface area contributed by atoms with Gasteiger partial charge in [-0.3, -0.25) is 14.4 Å². The van der Waals surface area contributed by atoms with Crippen molar-refractivity contribution in [3.05, 3.63) is 125 Å². The first-order chi connectivity index (χ1) is 20.4. The van der Waals surface area contributed by atoms with Crippen molar-refractivity contribution in [1.82, 2.24) is 0 Å². The van der Waals surface area contributed by atoms with E-state index in [0.717, 1.165) is 4.90 Å². The normalized spacial score (nSPS) is 12.8. The molecule has 210 valence electrons. The van der Waals surface area contributed by atoms with Gasteiger partial charge in [-0.2, -0.15) is 0 Å². The van der Waals surface area contributed by atoms with Crippen LogP contribution in [0.2, 0.25) is 0 Å². The molecule has 0 radical (unpaired) electrons. The lowest BCUT2D eigenvalue weighted by atomic mass is 10.1. The molecule has 4 aromatic rings. The first-order valence-electron chi connectivity index (χ1n) is 12.9. The Morgan fingerprint density at radius 2 is 1.50 bits per heavy atom. The number of halogens is 1. The van der Waals surface area contributed by atoms with Gasteiger partial charge in [0.25, 0.3) is 17.7 Å². The molecule has 1 aliphatic rings. The maximum absolute atomic E-state index is 13.3. The van der Waals surface area contributed by atoms with Crippen molar-refractivity contribution in [3.8, 4) is 11.5 Å². The summed E-state index contributed by atoms with van der Waals surface area (Å²) in [4.78, 5) is 52.5. The van der Waals surface area contributed by atoms with Crippen molar-refractivity contribution in [2.45, 2.75) is 6.92 Å². The molecule has 5 rings (SSSR count). The van der Waals surface area contributed by atoms with Gasteiger partial charge in [0.1, 0.15) is 22.2 Å². The van der Waals surface area contributed by atoms with Crippen LogP contribution in [0.5, 0.6) is 11.5 Å². The van der Waals surface area contributed by atoms with E-state index in [2.05, 4.69) is 10.6 Å². The summed E-state index contributed by atoms with van der Waals surface area (Å²) in [6, 6.07) is 28.4. The highest BCUT2D eigenvalue weighted by atomic mass is 35.5. The Morgan fingerprint density at radius 1 is 0.810 bits per heavy atom. The highest BCUT2D eigenvalue weighted by molar-refractivity contribution is 6.53. The molecule has 2 N–H and O–H groups in total. The topological polar surface area (TPSA) is 114 Å². The second-order valence-corrected chi connectivity index (χ2v) is 9.35. The highest BCUT2D eigenvalue weighted by Gasteiger charge is 2.39. The van der Waals surface area contributed by atoms with E-state index in [1.54, 1.807) is 73.7 Å². The molecule has 1 heterocycles. The van der Waals surface area contributed by atoms with E-state index in [1.807, 2.05) is 30.3 Å². The van der Waals surface area contributed by atoms with Gasteiger partial charge in [0, 0.05) is 11.3 Å². The Hall–Kier alpha value is -5.41. The number of nitrogens with zero attached hydrogens (tertiary/aromatic N) is 1. The van der Waals surface area contributed by atoms with Crippen LogP contribution in [0.15, 0.2) is 114 Å². The second-order valence-electron chi connectivity index (χ2n) is 8.97. The van der Waals surface area contributed by atoms with Gasteiger partial charge in [-0.1, -0.05) is 48.0 Å². The number of ether oxygens (including phenoxy) is 2. The van der Waals surface area contributed by atoms with E-state index >= 15 is 0 Å². The van der Waals surface area contributed by atoms with Crippen LogP contribution in [0.25, 0.3) is 0 Å². The van der Waals surface area contributed by atoms with Crippen molar-refractivity contribution >= 4 is 52.4 Å². The maximum Gasteiger partial charge on any atom is 0.340 e. The number of imide groups is 1. The van der Waals surface area contributed by atoms with Gasteiger partial charge < -0.3 is 20.1 Å². The largest absolute Gasteiger partial charge is 0.462 e. The van der Waals surface area contributed by atoms with E-state index < -0.39 is 23.7 Å². The predicted octanol–water partition coefficient (Wildman–Crippen LogP) is 6.34. The highest BCUT2D eigenvalue weighted by Crippen LogP contribution is 2.32. The van der Waals surface area contributed by atoms with Gasteiger partial charge in [0.05, 0.1) is 23.5 Å². The maximum atomic E-state index is 13.3. The molecule has 42 heavy (non-hydrogen) atoms. The molecule has 0 bridgehead atoms. The van der Waals surface area contributed by atoms with Crippen LogP contribution >= 0.6 is 11.6 Å². The number of benzene rings is 4.